The standard InChI is InChI=1S/C27H23N3O3.C2HF3O2/c1-29-14-19(17-6-2-4-8-20(17)29)24-25(27(32)33-26(24)31)23-18-7-3-5-9-21(18)30-13-16-12-28-11-15(16)10-22(23)30;3-2(4,5)1(6)7/h2-9,14-16,28H,10-13H2,1H3;(H,6,7). The third-order valence-corrected chi connectivity index (χ3v) is 7.93. The van der Waals surface area contributed by atoms with E-state index in [1.54, 1.807) is 0 Å². The number of carboxylic acids is 1. The first-order chi connectivity index (χ1) is 19.1. The van der Waals surface area contributed by atoms with Gasteiger partial charge in [-0.25, -0.2) is 14.4 Å². The zero-order valence-corrected chi connectivity index (χ0v) is 21.3. The van der Waals surface area contributed by atoms with Crippen LogP contribution < -0.4 is 5.32 Å². The Labute approximate surface area is 225 Å². The van der Waals surface area contributed by atoms with Crippen molar-refractivity contribution in [1.29, 1.82) is 0 Å². The minimum absolute atomic E-state index is 0.377. The third kappa shape index (κ3) is 4.08. The van der Waals surface area contributed by atoms with Gasteiger partial charge in [-0.15, -0.1) is 0 Å². The van der Waals surface area contributed by atoms with Gasteiger partial charge in [-0.2, -0.15) is 13.2 Å². The lowest BCUT2D eigenvalue weighted by atomic mass is 9.85. The minimum atomic E-state index is -5.08. The lowest BCUT2D eigenvalue weighted by Gasteiger charge is -2.28. The molecule has 0 aliphatic carbocycles. The maximum Gasteiger partial charge on any atom is 0.490 e. The number of para-hydroxylation sites is 2. The second-order valence-corrected chi connectivity index (χ2v) is 10.2. The molecule has 2 aromatic carbocycles. The Morgan fingerprint density at radius 2 is 1.55 bits per heavy atom. The summed E-state index contributed by atoms with van der Waals surface area (Å²) in [5, 5.41) is 12.6. The zero-order chi connectivity index (χ0) is 28.3. The lowest BCUT2D eigenvalue weighted by molar-refractivity contribution is -0.192. The number of carbonyl (C=O) groups is 3. The summed E-state index contributed by atoms with van der Waals surface area (Å²) < 4.78 is 41.4. The summed E-state index contributed by atoms with van der Waals surface area (Å²) in [5.74, 6) is -2.74. The highest BCUT2D eigenvalue weighted by molar-refractivity contribution is 6.47. The number of hydrogen-bond acceptors (Lipinski definition) is 5. The van der Waals surface area contributed by atoms with Crippen LogP contribution in [0.4, 0.5) is 13.2 Å². The van der Waals surface area contributed by atoms with Crippen LogP contribution in [0.5, 0.6) is 0 Å². The largest absolute Gasteiger partial charge is 0.490 e. The fourth-order valence-corrected chi connectivity index (χ4v) is 6.18. The van der Waals surface area contributed by atoms with Crippen LogP contribution in [-0.2, 0) is 39.1 Å². The fourth-order valence-electron chi connectivity index (χ4n) is 6.18. The highest BCUT2D eigenvalue weighted by Crippen LogP contribution is 2.45. The number of nitrogens with zero attached hydrogens (tertiary/aromatic N) is 2. The Morgan fingerprint density at radius 1 is 0.950 bits per heavy atom. The van der Waals surface area contributed by atoms with Crippen LogP contribution in [-0.4, -0.2) is 51.4 Å². The molecule has 3 aliphatic rings. The molecule has 8 nitrogen and oxygen atoms in total. The fraction of sp³-hybridized carbons (Fsp3) is 0.276. The Morgan fingerprint density at radius 3 is 2.25 bits per heavy atom. The van der Waals surface area contributed by atoms with Gasteiger partial charge >= 0.3 is 24.1 Å². The predicted octanol–water partition coefficient (Wildman–Crippen LogP) is 4.15. The van der Waals surface area contributed by atoms with Gasteiger partial charge in [-0.05, 0) is 43.5 Å². The Hall–Kier alpha value is -4.38. The predicted molar refractivity (Wildman–Crippen MR) is 140 cm³/mol. The number of aryl methyl sites for hydroxylation is 1. The quantitative estimate of drug-likeness (QED) is 0.287. The molecular weight excluding hydrogens is 527 g/mol. The monoisotopic (exact) mass is 551 g/mol. The third-order valence-electron chi connectivity index (χ3n) is 7.93. The van der Waals surface area contributed by atoms with E-state index in [0.717, 1.165) is 64.7 Å². The molecule has 1 saturated heterocycles. The molecule has 3 aliphatic heterocycles. The number of rotatable bonds is 2. The summed E-state index contributed by atoms with van der Waals surface area (Å²) >= 11 is 0. The average molecular weight is 552 g/mol. The van der Waals surface area contributed by atoms with Crippen molar-refractivity contribution in [1.82, 2.24) is 14.5 Å². The minimum Gasteiger partial charge on any atom is -0.475 e. The van der Waals surface area contributed by atoms with Crippen molar-refractivity contribution in [3.63, 3.8) is 0 Å². The molecule has 0 saturated carbocycles. The van der Waals surface area contributed by atoms with E-state index >= 15 is 0 Å². The van der Waals surface area contributed by atoms with Crippen molar-refractivity contribution in [2.24, 2.45) is 18.9 Å². The SMILES string of the molecule is Cn1cc(C2=C(c3c4n(c5ccccc35)CC3CNCC3C4)C(=O)OC2=O)c2ccccc21.O=C(O)C(F)(F)F. The number of carbonyl (C=O) groups excluding carboxylic acids is 2. The molecule has 2 atom stereocenters. The molecule has 0 radical (unpaired) electrons. The van der Waals surface area contributed by atoms with Crippen molar-refractivity contribution in [2.75, 3.05) is 13.1 Å². The van der Waals surface area contributed by atoms with Gasteiger partial charge in [-0.1, -0.05) is 36.4 Å². The van der Waals surface area contributed by atoms with Crippen LogP contribution in [0.1, 0.15) is 16.8 Å². The van der Waals surface area contributed by atoms with Gasteiger partial charge in [0.05, 0.1) is 11.1 Å². The van der Waals surface area contributed by atoms with Gasteiger partial charge in [0, 0.05) is 58.4 Å². The van der Waals surface area contributed by atoms with Crippen LogP contribution in [0, 0.1) is 11.8 Å². The van der Waals surface area contributed by atoms with Gasteiger partial charge in [0.2, 0.25) is 0 Å². The molecule has 0 amide bonds. The topological polar surface area (TPSA) is 103 Å². The second-order valence-electron chi connectivity index (χ2n) is 10.2. The number of cyclic esters (lactones) is 2. The molecule has 11 heteroatoms. The molecule has 40 heavy (non-hydrogen) atoms. The van der Waals surface area contributed by atoms with Crippen molar-refractivity contribution in [2.45, 2.75) is 19.1 Å². The molecule has 0 spiro atoms. The number of alkyl halides is 3. The maximum absolute atomic E-state index is 13.2. The van der Waals surface area contributed by atoms with Crippen molar-refractivity contribution < 1.29 is 37.4 Å². The number of esters is 2. The molecular formula is C29H24F3N3O5. The number of fused-ring (bicyclic) bond motifs is 5. The Balaban J connectivity index is 0.000000370. The van der Waals surface area contributed by atoms with Crippen LogP contribution in [0.25, 0.3) is 33.0 Å². The number of aliphatic carboxylic acids is 1. The maximum atomic E-state index is 13.2. The summed E-state index contributed by atoms with van der Waals surface area (Å²) in [6.45, 7) is 2.94. The van der Waals surface area contributed by atoms with Gasteiger partial charge in [-0.3, -0.25) is 0 Å². The molecule has 4 aromatic rings. The second kappa shape index (κ2) is 9.37. The van der Waals surface area contributed by atoms with E-state index in [4.69, 9.17) is 14.6 Å². The van der Waals surface area contributed by atoms with Gasteiger partial charge in [0.25, 0.3) is 0 Å². The number of aromatic nitrogens is 2. The molecule has 5 heterocycles. The number of benzene rings is 2. The van der Waals surface area contributed by atoms with Crippen molar-refractivity contribution >= 4 is 50.9 Å². The van der Waals surface area contributed by atoms with E-state index in [2.05, 4.69) is 22.0 Å². The molecule has 7 rings (SSSR count). The first-order valence-electron chi connectivity index (χ1n) is 12.7. The first-order valence-corrected chi connectivity index (χ1v) is 12.7. The summed E-state index contributed by atoms with van der Waals surface area (Å²) in [4.78, 5) is 35.2. The molecule has 0 bridgehead atoms. The number of carboxylic acid groups (broad SMARTS) is 1. The number of halogens is 3. The highest BCUT2D eigenvalue weighted by Gasteiger charge is 2.42. The zero-order valence-electron chi connectivity index (χ0n) is 21.3. The van der Waals surface area contributed by atoms with E-state index in [9.17, 15) is 22.8 Å². The van der Waals surface area contributed by atoms with E-state index in [1.807, 2.05) is 54.2 Å². The van der Waals surface area contributed by atoms with Crippen LogP contribution in [0.2, 0.25) is 0 Å². The normalized spacial score (nSPS) is 20.4. The Bertz CT molecular complexity index is 1750. The van der Waals surface area contributed by atoms with Gasteiger partial charge in [0.15, 0.2) is 0 Å². The number of hydrogen-bond donors (Lipinski definition) is 2. The molecule has 1 fully saturated rings. The summed E-state index contributed by atoms with van der Waals surface area (Å²) in [7, 11) is 1.96. The van der Waals surface area contributed by atoms with Crippen molar-refractivity contribution in [3.8, 4) is 0 Å². The van der Waals surface area contributed by atoms with E-state index in [1.165, 1.54) is 0 Å². The molecule has 2 unspecified atom stereocenters. The van der Waals surface area contributed by atoms with E-state index in [-0.39, 0.29) is 0 Å². The average Bonchev–Trinajstić information content (AvgIpc) is 3.65. The number of ether oxygens (including phenoxy) is 1. The smallest absolute Gasteiger partial charge is 0.475 e. The van der Waals surface area contributed by atoms with Crippen LogP contribution >= 0.6 is 0 Å². The molecule has 206 valence electrons. The van der Waals surface area contributed by atoms with Crippen LogP contribution in [0.15, 0.2) is 54.7 Å². The molecule has 2 aromatic heterocycles. The summed E-state index contributed by atoms with van der Waals surface area (Å²) in [6.07, 6.45) is -2.27. The van der Waals surface area contributed by atoms with Crippen molar-refractivity contribution in [3.05, 3.63) is 71.5 Å². The van der Waals surface area contributed by atoms with Gasteiger partial charge < -0.3 is 24.3 Å². The van der Waals surface area contributed by atoms with Gasteiger partial charge in [0.1, 0.15) is 0 Å². The molecule has 2 N–H and O–H groups in total. The summed E-state index contributed by atoms with van der Waals surface area (Å²) in [5.41, 5.74) is 5.67. The van der Waals surface area contributed by atoms with E-state index in [0.29, 0.717) is 23.0 Å². The van der Waals surface area contributed by atoms with E-state index < -0.39 is 24.1 Å². The lowest BCUT2D eigenvalue weighted by Crippen LogP contribution is -2.28. The Kier molecular flexibility index (Phi) is 6.06. The highest BCUT2D eigenvalue weighted by atomic mass is 19.4. The first kappa shape index (κ1) is 25.9. The van der Waals surface area contributed by atoms with Crippen LogP contribution in [0.3, 0.4) is 0 Å². The summed E-state index contributed by atoms with van der Waals surface area (Å²) in [6, 6.07) is 16.2. The number of nitrogens with one attached hydrogen (secondary N) is 1.